The highest BCUT2D eigenvalue weighted by Gasteiger charge is 2.68. The first-order valence-electron chi connectivity index (χ1n) is 16.2. The summed E-state index contributed by atoms with van der Waals surface area (Å²) in [4.78, 5) is 31.9. The Morgan fingerprint density at radius 3 is 2.62 bits per heavy atom. The molecule has 11 heteroatoms. The molecule has 0 spiro atoms. The summed E-state index contributed by atoms with van der Waals surface area (Å²) in [6.45, 7) is 12.9. The van der Waals surface area contributed by atoms with E-state index in [1.165, 1.54) is 35.2 Å². The summed E-state index contributed by atoms with van der Waals surface area (Å²) >= 11 is 2.73. The van der Waals surface area contributed by atoms with Crippen LogP contribution in [0.4, 0.5) is 13.2 Å². The van der Waals surface area contributed by atoms with Crippen LogP contribution in [-0.2, 0) is 27.0 Å². The molecule has 0 unspecified atom stereocenters. The van der Waals surface area contributed by atoms with Crippen LogP contribution in [0.1, 0.15) is 70.9 Å². The Bertz CT molecular complexity index is 1690. The average Bonchev–Trinajstić information content (AvgIpc) is 3.61. The Balaban J connectivity index is 1.18. The van der Waals surface area contributed by atoms with Crippen LogP contribution >= 0.6 is 23.1 Å². The summed E-state index contributed by atoms with van der Waals surface area (Å²) < 4.78 is 48.6. The summed E-state index contributed by atoms with van der Waals surface area (Å²) in [5.74, 6) is -0.333. The number of carbonyl (C=O) groups excluding carboxylic acids is 2. The molecule has 2 aromatic heterocycles. The van der Waals surface area contributed by atoms with Crippen molar-refractivity contribution in [1.82, 2.24) is 4.98 Å². The minimum absolute atomic E-state index is 0.0415. The molecular formula is C36H42F3N2O4S2+. The molecule has 8 atom stereocenters. The highest BCUT2D eigenvalue weighted by atomic mass is 32.2. The molecule has 2 heterocycles. The number of aliphatic hydroxyl groups is 1. The number of pyridine rings is 1. The van der Waals surface area contributed by atoms with Gasteiger partial charge in [-0.2, -0.15) is 17.7 Å². The number of thioether (sulfide) groups is 1. The number of alkyl halides is 3. The number of benzene rings is 1. The van der Waals surface area contributed by atoms with E-state index in [1.807, 2.05) is 30.0 Å². The molecule has 6 nitrogen and oxygen atoms in total. The average molecular weight is 688 g/mol. The van der Waals surface area contributed by atoms with Crippen molar-refractivity contribution in [2.45, 2.75) is 89.1 Å². The van der Waals surface area contributed by atoms with Gasteiger partial charge in [0.25, 0.3) is 0 Å². The third-order valence-corrected chi connectivity index (χ3v) is 14.0. The Kier molecular flexibility index (Phi) is 8.92. The molecule has 2 bridgehead atoms. The number of thiazole rings is 1. The number of halogens is 3. The molecule has 6 rings (SSSR count). The van der Waals surface area contributed by atoms with Gasteiger partial charge in [0.15, 0.2) is 23.3 Å². The van der Waals surface area contributed by atoms with Crippen LogP contribution in [-0.4, -0.2) is 39.8 Å². The molecule has 3 saturated carbocycles. The first-order chi connectivity index (χ1) is 22.1. The SMILES string of the molecule is C=C[C@]1(C)C[C@@H](OC(=O)CSc2nc3cc[n+](Cc4ccc(C(F)(F)F)cc4)cc3s2)[C@]2(C)[C@H](C)CC[C@]3(CCC(=O)[C@H]32)[C@@H](C)[C@@H]1O. The number of nitrogens with zero attached hydrogens (tertiary/aromatic N) is 2. The van der Waals surface area contributed by atoms with Gasteiger partial charge >= 0.3 is 12.1 Å². The van der Waals surface area contributed by atoms with Crippen molar-refractivity contribution in [3.05, 3.63) is 66.5 Å². The first kappa shape index (κ1) is 34.1. The zero-order chi connectivity index (χ0) is 33.9. The predicted molar refractivity (Wildman–Crippen MR) is 176 cm³/mol. The lowest BCUT2D eigenvalue weighted by Gasteiger charge is -2.61. The van der Waals surface area contributed by atoms with Crippen LogP contribution in [0.25, 0.3) is 10.2 Å². The standard InChI is InChI=1S/C36H42F3N2O4S2/c1-6-33(4)17-28(34(5)21(2)11-14-35(22(3)31(33)44)15-12-26(42)30(34)35)45-29(43)20-46-32-40-25-13-16-41(19-27(25)47-32)18-23-7-9-24(10-8-23)36(37,38)39/h6-10,13,16,19,21-22,28,30-31,44H,1,11-12,14-15,17-18,20H2,2-5H3/q+1/t21-,22+,28-,30+,31+,33-,34+,35+/m1/s1. The van der Waals surface area contributed by atoms with Gasteiger partial charge in [-0.25, -0.2) is 4.98 Å². The summed E-state index contributed by atoms with van der Waals surface area (Å²) in [7, 11) is 0. The van der Waals surface area contributed by atoms with Crippen LogP contribution < -0.4 is 4.57 Å². The van der Waals surface area contributed by atoms with E-state index in [2.05, 4.69) is 32.3 Å². The summed E-state index contributed by atoms with van der Waals surface area (Å²) in [5.41, 5.74) is -0.761. The molecule has 3 aliphatic carbocycles. The van der Waals surface area contributed by atoms with Gasteiger partial charge in [0.05, 0.1) is 22.9 Å². The van der Waals surface area contributed by atoms with E-state index in [9.17, 15) is 27.9 Å². The number of fused-ring (bicyclic) bond motifs is 1. The number of hydrogen-bond acceptors (Lipinski definition) is 7. The number of rotatable bonds is 7. The minimum atomic E-state index is -4.37. The second-order valence-corrected chi connectivity index (χ2v) is 16.6. The molecule has 0 aliphatic heterocycles. The van der Waals surface area contributed by atoms with Gasteiger partial charge < -0.3 is 9.84 Å². The Hall–Kier alpha value is -2.76. The van der Waals surface area contributed by atoms with E-state index < -0.39 is 34.8 Å². The number of ketones is 1. The van der Waals surface area contributed by atoms with Crippen molar-refractivity contribution in [1.29, 1.82) is 0 Å². The van der Waals surface area contributed by atoms with E-state index in [-0.39, 0.29) is 40.7 Å². The molecular weight excluding hydrogens is 646 g/mol. The van der Waals surface area contributed by atoms with Gasteiger partial charge in [-0.15, -0.1) is 17.9 Å². The maximum Gasteiger partial charge on any atom is 0.416 e. The third kappa shape index (κ3) is 5.94. The van der Waals surface area contributed by atoms with E-state index in [0.717, 1.165) is 47.2 Å². The van der Waals surface area contributed by atoms with Crippen molar-refractivity contribution in [3.63, 3.8) is 0 Å². The van der Waals surface area contributed by atoms with E-state index in [0.29, 0.717) is 23.7 Å². The number of aromatic nitrogens is 2. The van der Waals surface area contributed by atoms with Crippen LogP contribution in [0.2, 0.25) is 0 Å². The quantitative estimate of drug-likeness (QED) is 0.119. The largest absolute Gasteiger partial charge is 0.461 e. The Morgan fingerprint density at radius 2 is 1.94 bits per heavy atom. The molecule has 0 amide bonds. The second-order valence-electron chi connectivity index (χ2n) is 14.4. The Morgan fingerprint density at radius 1 is 1.21 bits per heavy atom. The van der Waals surface area contributed by atoms with Gasteiger partial charge in [0.1, 0.15) is 16.6 Å². The number of Topliss-reactive ketones (excluding diaryl/α,β-unsaturated/α-hetero) is 1. The topological polar surface area (TPSA) is 80.4 Å². The second kappa shape index (κ2) is 12.3. The summed E-state index contributed by atoms with van der Waals surface area (Å²) in [6, 6.07) is 6.98. The van der Waals surface area contributed by atoms with E-state index in [4.69, 9.17) is 4.74 Å². The predicted octanol–water partition coefficient (Wildman–Crippen LogP) is 7.65. The normalized spacial score (nSPS) is 34.0. The molecule has 47 heavy (non-hydrogen) atoms. The summed E-state index contributed by atoms with van der Waals surface area (Å²) in [6.07, 6.45) is 3.30. The van der Waals surface area contributed by atoms with Crippen LogP contribution in [0.5, 0.6) is 0 Å². The number of aliphatic hydroxyl groups excluding tert-OH is 1. The van der Waals surface area contributed by atoms with Crippen LogP contribution in [0.3, 0.4) is 0 Å². The molecule has 3 fully saturated rings. The van der Waals surface area contributed by atoms with Gasteiger partial charge in [-0.1, -0.05) is 57.7 Å². The fourth-order valence-electron chi connectivity index (χ4n) is 8.88. The minimum Gasteiger partial charge on any atom is -0.461 e. The van der Waals surface area contributed by atoms with Gasteiger partial charge in [0, 0.05) is 34.8 Å². The fourth-order valence-corrected chi connectivity index (χ4v) is 10.8. The van der Waals surface area contributed by atoms with Crippen molar-refractivity contribution in [2.75, 3.05) is 5.75 Å². The number of ether oxygens (including phenoxy) is 1. The van der Waals surface area contributed by atoms with Gasteiger partial charge in [0.2, 0.25) is 0 Å². The van der Waals surface area contributed by atoms with Gasteiger partial charge in [-0.3, -0.25) is 9.59 Å². The maximum absolute atomic E-state index is 13.6. The molecule has 3 aliphatic rings. The molecule has 1 aromatic carbocycles. The number of carbonyl (C=O) groups is 2. The first-order valence-corrected chi connectivity index (χ1v) is 18.0. The lowest BCUT2D eigenvalue weighted by molar-refractivity contribution is -0.687. The molecule has 0 saturated heterocycles. The third-order valence-electron chi connectivity index (χ3n) is 11.9. The highest BCUT2D eigenvalue weighted by molar-refractivity contribution is 8.01. The lowest BCUT2D eigenvalue weighted by Crippen LogP contribution is -2.63. The number of esters is 1. The lowest BCUT2D eigenvalue weighted by atomic mass is 9.44. The molecule has 0 radical (unpaired) electrons. The van der Waals surface area contributed by atoms with Gasteiger partial charge in [-0.05, 0) is 55.1 Å². The van der Waals surface area contributed by atoms with Crippen LogP contribution in [0.15, 0.2) is 59.7 Å². The molecule has 252 valence electrons. The zero-order valence-electron chi connectivity index (χ0n) is 27.2. The van der Waals surface area contributed by atoms with Crippen molar-refractivity contribution in [3.8, 4) is 0 Å². The van der Waals surface area contributed by atoms with Crippen molar-refractivity contribution < 1.29 is 37.2 Å². The monoisotopic (exact) mass is 687 g/mol. The number of hydrogen-bond donors (Lipinski definition) is 1. The summed E-state index contributed by atoms with van der Waals surface area (Å²) in [5, 5.41) is 11.7. The smallest absolute Gasteiger partial charge is 0.416 e. The van der Waals surface area contributed by atoms with Crippen LogP contribution in [0, 0.1) is 34.0 Å². The van der Waals surface area contributed by atoms with E-state index in [1.54, 1.807) is 6.08 Å². The molecule has 3 aromatic rings. The fraction of sp³-hybridized carbons (Fsp3) is 0.556. The zero-order valence-corrected chi connectivity index (χ0v) is 28.8. The molecule has 1 N–H and O–H groups in total. The Labute approximate surface area is 281 Å². The maximum atomic E-state index is 13.6. The van der Waals surface area contributed by atoms with E-state index >= 15 is 0 Å². The highest BCUT2D eigenvalue weighted by Crippen LogP contribution is 2.68. The van der Waals surface area contributed by atoms with Crippen molar-refractivity contribution in [2.24, 2.45) is 34.0 Å². The van der Waals surface area contributed by atoms with Crippen molar-refractivity contribution >= 4 is 45.1 Å².